The fourth-order valence-corrected chi connectivity index (χ4v) is 4.72. The molecule has 5 rings (SSSR count). The minimum Gasteiger partial charge on any atom is -0.454 e. The van der Waals surface area contributed by atoms with Gasteiger partial charge in [0.2, 0.25) is 12.7 Å². The zero-order valence-corrected chi connectivity index (χ0v) is 21.1. The predicted octanol–water partition coefficient (Wildman–Crippen LogP) is 0.643. The Morgan fingerprint density at radius 1 is 0.946 bits per heavy atom. The molecule has 0 saturated carbocycles. The van der Waals surface area contributed by atoms with Gasteiger partial charge in [-0.2, -0.15) is 0 Å². The number of carbonyl (C=O) groups excluding carboxylic acids is 3. The van der Waals surface area contributed by atoms with E-state index >= 15 is 0 Å². The van der Waals surface area contributed by atoms with Crippen molar-refractivity contribution in [2.75, 3.05) is 47.1 Å². The van der Waals surface area contributed by atoms with Crippen molar-refractivity contribution in [2.45, 2.75) is 31.2 Å². The maximum Gasteiger partial charge on any atom is 0.255 e. The van der Waals surface area contributed by atoms with E-state index in [-0.39, 0.29) is 18.6 Å². The van der Waals surface area contributed by atoms with E-state index in [2.05, 4.69) is 10.2 Å². The van der Waals surface area contributed by atoms with Gasteiger partial charge in [0.05, 0.1) is 0 Å². The highest BCUT2D eigenvalue weighted by molar-refractivity contribution is 5.97. The molecule has 3 amide bonds. The minimum absolute atomic E-state index is 0.179. The second-order valence-electron chi connectivity index (χ2n) is 9.75. The van der Waals surface area contributed by atoms with Crippen molar-refractivity contribution in [2.24, 2.45) is 0 Å². The average molecular weight is 509 g/mol. The quantitative estimate of drug-likeness (QED) is 0.522. The van der Waals surface area contributed by atoms with Crippen molar-refractivity contribution in [3.63, 3.8) is 0 Å². The number of carbonyl (C=O) groups is 3. The van der Waals surface area contributed by atoms with Crippen LogP contribution in [0.3, 0.4) is 0 Å². The summed E-state index contributed by atoms with van der Waals surface area (Å²) in [6, 6.07) is 14.7. The summed E-state index contributed by atoms with van der Waals surface area (Å²) in [7, 11) is 3.30. The average Bonchev–Trinajstić information content (AvgIpc) is 3.58. The van der Waals surface area contributed by atoms with Gasteiger partial charge in [-0.1, -0.05) is 36.4 Å². The summed E-state index contributed by atoms with van der Waals surface area (Å²) in [5.41, 5.74) is 2.06. The molecule has 37 heavy (non-hydrogen) atoms. The number of amides is 3. The standard InChI is InChI=1S/C27H32N4O6/c1-29(2)26(33)20(14-18-6-4-3-5-7-18)28-25(32)23-24(37-23)27(34)31-12-10-30(11-13-31)16-19-8-9-21-22(15-19)36-17-35-21/h3-9,15,20,23-24H,10-14,16-17H2,1-2H3,(H,28,32)/t20-,23?,24?/m0/s1. The van der Waals surface area contributed by atoms with Gasteiger partial charge in [0.1, 0.15) is 6.04 Å². The van der Waals surface area contributed by atoms with Crippen molar-refractivity contribution in [3.05, 3.63) is 59.7 Å². The molecule has 3 aliphatic heterocycles. The summed E-state index contributed by atoms with van der Waals surface area (Å²) in [4.78, 5) is 44.0. The first-order valence-electron chi connectivity index (χ1n) is 12.5. The predicted molar refractivity (Wildman–Crippen MR) is 134 cm³/mol. The molecule has 2 unspecified atom stereocenters. The molecule has 196 valence electrons. The van der Waals surface area contributed by atoms with Gasteiger partial charge < -0.3 is 29.3 Å². The second kappa shape index (κ2) is 10.8. The molecule has 3 aliphatic rings. The second-order valence-corrected chi connectivity index (χ2v) is 9.75. The summed E-state index contributed by atoms with van der Waals surface area (Å²) in [5.74, 6) is 0.705. The molecule has 3 atom stereocenters. The number of hydrogen-bond donors (Lipinski definition) is 1. The molecule has 0 aliphatic carbocycles. The molecular formula is C27H32N4O6. The van der Waals surface area contributed by atoms with Crippen LogP contribution in [-0.2, 0) is 32.1 Å². The molecule has 10 heteroatoms. The molecule has 0 aromatic heterocycles. The van der Waals surface area contributed by atoms with Crippen LogP contribution >= 0.6 is 0 Å². The third kappa shape index (κ3) is 5.86. The van der Waals surface area contributed by atoms with E-state index in [1.807, 2.05) is 48.5 Å². The highest BCUT2D eigenvalue weighted by Gasteiger charge is 2.52. The number of fused-ring (bicyclic) bond motifs is 1. The first kappa shape index (κ1) is 25.0. The monoisotopic (exact) mass is 508 g/mol. The first-order valence-corrected chi connectivity index (χ1v) is 12.5. The largest absolute Gasteiger partial charge is 0.454 e. The van der Waals surface area contributed by atoms with Crippen molar-refractivity contribution in [1.82, 2.24) is 20.0 Å². The Balaban J connectivity index is 1.10. The number of hydrogen-bond acceptors (Lipinski definition) is 7. The zero-order valence-electron chi connectivity index (χ0n) is 21.1. The Morgan fingerprint density at radius 3 is 2.41 bits per heavy atom. The van der Waals surface area contributed by atoms with E-state index < -0.39 is 24.2 Å². The molecule has 0 bridgehead atoms. The molecule has 3 heterocycles. The lowest BCUT2D eigenvalue weighted by molar-refractivity contribution is -0.135. The number of benzene rings is 2. The van der Waals surface area contributed by atoms with Gasteiger partial charge in [0, 0.05) is 53.2 Å². The van der Waals surface area contributed by atoms with E-state index in [9.17, 15) is 14.4 Å². The molecular weight excluding hydrogens is 476 g/mol. The van der Waals surface area contributed by atoms with Crippen LogP contribution in [0.15, 0.2) is 48.5 Å². The van der Waals surface area contributed by atoms with Crippen molar-refractivity contribution in [1.29, 1.82) is 0 Å². The Morgan fingerprint density at radius 2 is 1.68 bits per heavy atom. The highest BCUT2D eigenvalue weighted by atomic mass is 16.7. The van der Waals surface area contributed by atoms with Crippen LogP contribution in [0.25, 0.3) is 0 Å². The van der Waals surface area contributed by atoms with Crippen molar-refractivity contribution in [3.8, 4) is 11.5 Å². The van der Waals surface area contributed by atoms with E-state index in [0.717, 1.165) is 42.3 Å². The first-order chi connectivity index (χ1) is 17.9. The lowest BCUT2D eigenvalue weighted by atomic mass is 10.0. The van der Waals surface area contributed by atoms with Gasteiger partial charge in [0.25, 0.3) is 11.8 Å². The Bertz CT molecular complexity index is 1150. The summed E-state index contributed by atoms with van der Waals surface area (Å²) in [6.45, 7) is 3.58. The maximum absolute atomic E-state index is 13.0. The summed E-state index contributed by atoms with van der Waals surface area (Å²) in [6.07, 6.45) is -1.31. The van der Waals surface area contributed by atoms with Crippen LogP contribution < -0.4 is 14.8 Å². The summed E-state index contributed by atoms with van der Waals surface area (Å²) in [5, 5.41) is 2.80. The Kier molecular flexibility index (Phi) is 7.29. The number of ether oxygens (including phenoxy) is 3. The summed E-state index contributed by atoms with van der Waals surface area (Å²) < 4.78 is 16.3. The van der Waals surface area contributed by atoms with E-state index in [4.69, 9.17) is 14.2 Å². The third-order valence-electron chi connectivity index (χ3n) is 6.86. The van der Waals surface area contributed by atoms with Gasteiger partial charge in [-0.3, -0.25) is 19.3 Å². The zero-order chi connectivity index (χ0) is 25.9. The van der Waals surface area contributed by atoms with E-state index in [1.54, 1.807) is 19.0 Å². The lowest BCUT2D eigenvalue weighted by Crippen LogP contribution is -2.51. The number of rotatable bonds is 8. The van der Waals surface area contributed by atoms with Crippen LogP contribution in [0.4, 0.5) is 0 Å². The Hall–Kier alpha value is -3.63. The summed E-state index contributed by atoms with van der Waals surface area (Å²) >= 11 is 0. The van der Waals surface area contributed by atoms with Gasteiger partial charge in [-0.05, 0) is 23.3 Å². The Labute approximate surface area is 216 Å². The van der Waals surface area contributed by atoms with Gasteiger partial charge in [-0.15, -0.1) is 0 Å². The maximum atomic E-state index is 13.0. The van der Waals surface area contributed by atoms with Crippen LogP contribution in [-0.4, -0.2) is 97.7 Å². The normalized spacial score (nSPS) is 21.3. The van der Waals surface area contributed by atoms with E-state index in [0.29, 0.717) is 19.5 Å². The number of nitrogens with one attached hydrogen (secondary N) is 1. The molecule has 0 spiro atoms. The fraction of sp³-hybridized carbons (Fsp3) is 0.444. The number of nitrogens with zero attached hydrogens (tertiary/aromatic N) is 3. The van der Waals surface area contributed by atoms with Crippen LogP contribution in [0, 0.1) is 0 Å². The van der Waals surface area contributed by atoms with Gasteiger partial charge in [0.15, 0.2) is 23.7 Å². The molecule has 2 aromatic carbocycles. The molecule has 2 fully saturated rings. The van der Waals surface area contributed by atoms with Crippen molar-refractivity contribution >= 4 is 17.7 Å². The molecule has 1 N–H and O–H groups in total. The number of likely N-dealkylation sites (N-methyl/N-ethyl adjacent to an activating group) is 1. The van der Waals surface area contributed by atoms with E-state index in [1.165, 1.54) is 4.90 Å². The fourth-order valence-electron chi connectivity index (χ4n) is 4.72. The minimum atomic E-state index is -0.868. The number of piperazine rings is 1. The van der Waals surface area contributed by atoms with Crippen molar-refractivity contribution < 1.29 is 28.6 Å². The third-order valence-corrected chi connectivity index (χ3v) is 6.86. The number of epoxide rings is 1. The SMILES string of the molecule is CN(C)C(=O)[C@H](Cc1ccccc1)NC(=O)C1OC1C(=O)N1CCN(Cc2ccc3c(c2)OCO3)CC1. The molecule has 0 radical (unpaired) electrons. The molecule has 2 aromatic rings. The highest BCUT2D eigenvalue weighted by Crippen LogP contribution is 2.33. The lowest BCUT2D eigenvalue weighted by Gasteiger charge is -2.34. The smallest absolute Gasteiger partial charge is 0.255 e. The van der Waals surface area contributed by atoms with Gasteiger partial charge in [-0.25, -0.2) is 0 Å². The van der Waals surface area contributed by atoms with Crippen LogP contribution in [0.2, 0.25) is 0 Å². The van der Waals surface area contributed by atoms with Crippen LogP contribution in [0.1, 0.15) is 11.1 Å². The van der Waals surface area contributed by atoms with Crippen LogP contribution in [0.5, 0.6) is 11.5 Å². The molecule has 10 nitrogen and oxygen atoms in total. The topological polar surface area (TPSA) is 104 Å². The molecule has 2 saturated heterocycles. The van der Waals surface area contributed by atoms with Gasteiger partial charge >= 0.3 is 0 Å².